The van der Waals surface area contributed by atoms with Crippen LogP contribution in [0.5, 0.6) is 0 Å². The van der Waals surface area contributed by atoms with E-state index in [4.69, 9.17) is 5.11 Å². The van der Waals surface area contributed by atoms with Crippen molar-refractivity contribution in [2.45, 2.75) is 58.3 Å². The Morgan fingerprint density at radius 2 is 1.97 bits per heavy atom. The monoisotopic (exact) mass is 458 g/mol. The van der Waals surface area contributed by atoms with Crippen molar-refractivity contribution < 1.29 is 14.7 Å². The molecule has 0 unspecified atom stereocenters. The topological polar surface area (TPSA) is 94.6 Å². The van der Waals surface area contributed by atoms with Crippen LogP contribution in [0.3, 0.4) is 0 Å². The van der Waals surface area contributed by atoms with Crippen LogP contribution in [0.15, 0.2) is 29.6 Å². The van der Waals surface area contributed by atoms with Gasteiger partial charge >= 0.3 is 12.0 Å². The van der Waals surface area contributed by atoms with Crippen molar-refractivity contribution in [1.82, 2.24) is 9.88 Å². The maximum Gasteiger partial charge on any atom is 0.323 e. The predicted octanol–water partition coefficient (Wildman–Crippen LogP) is 5.25. The summed E-state index contributed by atoms with van der Waals surface area (Å²) in [5.41, 5.74) is 3.10. The summed E-state index contributed by atoms with van der Waals surface area (Å²) < 4.78 is 0. The lowest BCUT2D eigenvalue weighted by Crippen LogP contribution is -2.42. The van der Waals surface area contributed by atoms with Crippen LogP contribution in [0.4, 0.5) is 15.6 Å². The normalized spacial score (nSPS) is 14.3. The zero-order valence-electron chi connectivity index (χ0n) is 18.8. The third-order valence-corrected chi connectivity index (χ3v) is 6.70. The van der Waals surface area contributed by atoms with Crippen LogP contribution in [-0.4, -0.2) is 46.6 Å². The van der Waals surface area contributed by atoms with Gasteiger partial charge in [0.15, 0.2) is 5.13 Å². The number of rotatable bonds is 11. The minimum absolute atomic E-state index is 0.132. The highest BCUT2D eigenvalue weighted by atomic mass is 32.1. The number of aromatic nitrogens is 1. The first kappa shape index (κ1) is 24.0. The van der Waals surface area contributed by atoms with Crippen LogP contribution < -0.4 is 10.6 Å². The minimum atomic E-state index is -0.928. The Kier molecular flexibility index (Phi) is 9.34. The number of hydrogen-bond donors (Lipinski definition) is 3. The molecule has 0 atom stereocenters. The predicted molar refractivity (Wildman–Crippen MR) is 130 cm³/mol. The van der Waals surface area contributed by atoms with Crippen LogP contribution in [0.2, 0.25) is 0 Å². The number of hydrogen-bond acceptors (Lipinski definition) is 5. The fraction of sp³-hybridized carbons (Fsp3) is 0.542. The molecule has 1 saturated heterocycles. The van der Waals surface area contributed by atoms with E-state index < -0.39 is 5.97 Å². The summed E-state index contributed by atoms with van der Waals surface area (Å²) in [6.07, 6.45) is 7.98. The number of carboxylic acid groups (broad SMARTS) is 1. The number of aliphatic carboxylic acids is 1. The Morgan fingerprint density at radius 1 is 1.19 bits per heavy atom. The molecule has 0 aliphatic carbocycles. The average Bonchev–Trinajstić information content (AvgIpc) is 3.22. The summed E-state index contributed by atoms with van der Waals surface area (Å²) >= 11 is 1.26. The smallest absolute Gasteiger partial charge is 0.323 e. The lowest BCUT2D eigenvalue weighted by atomic mass is 9.96. The number of urea groups is 1. The first-order valence-electron chi connectivity index (χ1n) is 11.6. The van der Waals surface area contributed by atoms with Crippen LogP contribution in [0, 0.1) is 5.92 Å². The van der Waals surface area contributed by atoms with E-state index >= 15 is 0 Å². The molecule has 1 aliphatic rings. The van der Waals surface area contributed by atoms with E-state index in [2.05, 4.69) is 46.8 Å². The van der Waals surface area contributed by atoms with Gasteiger partial charge in [-0.15, -0.1) is 11.3 Å². The van der Waals surface area contributed by atoms with Gasteiger partial charge in [0.05, 0.1) is 12.1 Å². The third kappa shape index (κ3) is 7.51. The number of likely N-dealkylation sites (tertiary alicyclic amines) is 1. The maximum absolute atomic E-state index is 12.5. The Hall–Kier alpha value is -2.61. The second kappa shape index (κ2) is 12.4. The highest BCUT2D eigenvalue weighted by Gasteiger charge is 2.23. The number of unbranched alkanes of at least 4 members (excludes halogenated alkanes) is 3. The molecular weight excluding hydrogens is 424 g/mol. The number of aryl methyl sites for hydroxylation is 1. The number of carboxylic acids is 1. The highest BCUT2D eigenvalue weighted by molar-refractivity contribution is 7.13. The second-order valence-corrected chi connectivity index (χ2v) is 9.28. The molecule has 1 aromatic carbocycles. The van der Waals surface area contributed by atoms with E-state index in [0.29, 0.717) is 29.8 Å². The fourth-order valence-corrected chi connectivity index (χ4v) is 4.72. The van der Waals surface area contributed by atoms with Gasteiger partial charge in [-0.05, 0) is 43.2 Å². The highest BCUT2D eigenvalue weighted by Crippen LogP contribution is 2.23. The Balaban J connectivity index is 1.41. The number of carbonyl (C=O) groups is 2. The van der Waals surface area contributed by atoms with E-state index in [1.165, 1.54) is 48.3 Å². The molecule has 2 aromatic rings. The minimum Gasteiger partial charge on any atom is -0.481 e. The van der Waals surface area contributed by atoms with Crippen molar-refractivity contribution in [2.24, 2.45) is 5.92 Å². The molecular formula is C24H34N4O3S. The van der Waals surface area contributed by atoms with E-state index in [1.54, 1.807) is 5.38 Å². The van der Waals surface area contributed by atoms with Crippen LogP contribution in [0.1, 0.15) is 56.7 Å². The molecule has 1 aromatic heterocycles. The largest absolute Gasteiger partial charge is 0.481 e. The number of nitrogens with one attached hydrogen (secondary N) is 2. The molecule has 174 valence electrons. The van der Waals surface area contributed by atoms with Gasteiger partial charge in [0.25, 0.3) is 0 Å². The van der Waals surface area contributed by atoms with Crippen LogP contribution >= 0.6 is 11.3 Å². The van der Waals surface area contributed by atoms with Crippen molar-refractivity contribution in [3.8, 4) is 0 Å². The van der Waals surface area contributed by atoms with Crippen molar-refractivity contribution in [3.63, 3.8) is 0 Å². The molecule has 0 bridgehead atoms. The molecule has 8 heteroatoms. The van der Waals surface area contributed by atoms with Crippen molar-refractivity contribution in [1.29, 1.82) is 0 Å². The molecule has 1 aliphatic heterocycles. The lowest BCUT2D eigenvalue weighted by Gasteiger charge is -2.32. The molecule has 2 heterocycles. The van der Waals surface area contributed by atoms with Gasteiger partial charge in [-0.1, -0.05) is 44.4 Å². The number of piperidine rings is 1. The Labute approximate surface area is 194 Å². The number of carbonyl (C=O) groups excluding carboxylic acids is 1. The fourth-order valence-electron chi connectivity index (χ4n) is 4.02. The Morgan fingerprint density at radius 3 is 2.72 bits per heavy atom. The van der Waals surface area contributed by atoms with E-state index in [9.17, 15) is 9.59 Å². The summed E-state index contributed by atoms with van der Waals surface area (Å²) in [7, 11) is 0. The van der Waals surface area contributed by atoms with Gasteiger partial charge in [-0.2, -0.15) is 0 Å². The quantitative estimate of drug-likeness (QED) is 0.400. The van der Waals surface area contributed by atoms with Gasteiger partial charge < -0.3 is 15.3 Å². The summed E-state index contributed by atoms with van der Waals surface area (Å²) in [4.78, 5) is 29.3. The van der Waals surface area contributed by atoms with Crippen LogP contribution in [0.25, 0.3) is 0 Å². The maximum atomic E-state index is 12.5. The number of amides is 2. The van der Waals surface area contributed by atoms with Crippen LogP contribution in [-0.2, 0) is 17.6 Å². The van der Waals surface area contributed by atoms with Gasteiger partial charge in [-0.3, -0.25) is 10.1 Å². The zero-order chi connectivity index (χ0) is 22.8. The molecule has 32 heavy (non-hydrogen) atoms. The first-order chi connectivity index (χ1) is 15.5. The molecule has 0 saturated carbocycles. The summed E-state index contributed by atoms with van der Waals surface area (Å²) in [6.45, 7) is 4.59. The summed E-state index contributed by atoms with van der Waals surface area (Å²) in [6, 6.07) is 8.44. The van der Waals surface area contributed by atoms with E-state index in [0.717, 1.165) is 25.8 Å². The standard InChI is InChI=1S/C24H34N4O3S/c1-2-3-4-5-8-19-9-6-7-10-21(19)25-16-18-11-13-28(14-12-18)24(31)27-23-26-20(17-32-23)15-22(29)30/h6-7,9-10,17-18,25H,2-5,8,11-16H2,1H3,(H,29,30)(H,26,27,31). The molecule has 3 rings (SSSR count). The number of thiazole rings is 1. The molecule has 3 N–H and O–H groups in total. The number of benzene rings is 1. The molecule has 7 nitrogen and oxygen atoms in total. The molecule has 0 radical (unpaired) electrons. The van der Waals surface area contributed by atoms with Crippen molar-refractivity contribution >= 4 is 34.2 Å². The summed E-state index contributed by atoms with van der Waals surface area (Å²) in [5, 5.41) is 17.4. The average molecular weight is 459 g/mol. The second-order valence-electron chi connectivity index (χ2n) is 8.42. The van der Waals surface area contributed by atoms with Gasteiger partial charge in [0.2, 0.25) is 0 Å². The lowest BCUT2D eigenvalue weighted by molar-refractivity contribution is -0.136. The van der Waals surface area contributed by atoms with Gasteiger partial charge in [0, 0.05) is 30.7 Å². The SMILES string of the molecule is CCCCCCc1ccccc1NCC1CCN(C(=O)Nc2nc(CC(=O)O)cs2)CC1. The third-order valence-electron chi connectivity index (χ3n) is 5.90. The molecule has 0 spiro atoms. The Bertz CT molecular complexity index is 878. The number of nitrogens with zero attached hydrogens (tertiary/aromatic N) is 2. The molecule has 2 amide bonds. The zero-order valence-corrected chi connectivity index (χ0v) is 19.6. The van der Waals surface area contributed by atoms with Crippen molar-refractivity contribution in [2.75, 3.05) is 30.3 Å². The first-order valence-corrected chi connectivity index (χ1v) is 12.5. The van der Waals surface area contributed by atoms with Crippen molar-refractivity contribution in [3.05, 3.63) is 40.9 Å². The summed E-state index contributed by atoms with van der Waals surface area (Å²) in [5.74, 6) is -0.391. The number of anilines is 2. The molecule has 1 fully saturated rings. The number of para-hydroxylation sites is 1. The van der Waals surface area contributed by atoms with Gasteiger partial charge in [0.1, 0.15) is 0 Å². The van der Waals surface area contributed by atoms with Gasteiger partial charge in [-0.25, -0.2) is 9.78 Å². The van der Waals surface area contributed by atoms with E-state index in [1.807, 2.05) is 4.90 Å². The van der Waals surface area contributed by atoms with E-state index in [-0.39, 0.29) is 12.5 Å².